The predicted octanol–water partition coefficient (Wildman–Crippen LogP) is 1.69. The van der Waals surface area contributed by atoms with Crippen molar-refractivity contribution >= 4 is 33.2 Å². The van der Waals surface area contributed by atoms with Crippen LogP contribution in [0, 0.1) is 6.92 Å². The van der Waals surface area contributed by atoms with Gasteiger partial charge in [0.05, 0.1) is 21.9 Å². The summed E-state index contributed by atoms with van der Waals surface area (Å²) in [6, 6.07) is -0.507. The van der Waals surface area contributed by atoms with E-state index in [-0.39, 0.29) is 6.42 Å². The molecule has 0 bridgehead atoms. The molecule has 0 radical (unpaired) electrons. The van der Waals surface area contributed by atoms with Crippen LogP contribution in [-0.4, -0.2) is 16.1 Å². The van der Waals surface area contributed by atoms with Crippen molar-refractivity contribution in [2.45, 2.75) is 19.4 Å². The molecule has 1 atom stereocenters. The highest BCUT2D eigenvalue weighted by Gasteiger charge is 2.15. The van der Waals surface area contributed by atoms with Crippen molar-refractivity contribution in [3.8, 4) is 0 Å². The summed E-state index contributed by atoms with van der Waals surface area (Å²) in [5, 5.41) is 9.17. The van der Waals surface area contributed by atoms with Gasteiger partial charge in [-0.05, 0) is 22.9 Å². The number of nitrogens with two attached hydrogens (primary N) is 1. The van der Waals surface area contributed by atoms with E-state index in [1.807, 2.05) is 6.92 Å². The van der Waals surface area contributed by atoms with Crippen LogP contribution in [0.1, 0.15) is 23.2 Å². The van der Waals surface area contributed by atoms with Gasteiger partial charge in [0.25, 0.3) is 0 Å². The van der Waals surface area contributed by atoms with Crippen molar-refractivity contribution in [1.82, 2.24) is 4.98 Å². The molecule has 6 heteroatoms. The average molecular weight is 265 g/mol. The molecule has 0 fully saturated rings. The van der Waals surface area contributed by atoms with E-state index >= 15 is 0 Å². The second-order valence-corrected chi connectivity index (χ2v) is 4.96. The Labute approximate surface area is 87.9 Å². The average Bonchev–Trinajstić information content (AvgIpc) is 2.31. The second kappa shape index (κ2) is 4.17. The number of thiazole rings is 1. The number of aliphatic carboxylic acids is 1. The highest BCUT2D eigenvalue weighted by Crippen LogP contribution is 2.28. The molecule has 1 rings (SSSR count). The molecular formula is C7H9BrN2O2S. The zero-order valence-electron chi connectivity index (χ0n) is 6.95. The number of hydrogen-bond donors (Lipinski definition) is 2. The monoisotopic (exact) mass is 264 g/mol. The van der Waals surface area contributed by atoms with Gasteiger partial charge in [0, 0.05) is 0 Å². The predicted molar refractivity (Wildman–Crippen MR) is 53.7 cm³/mol. The lowest BCUT2D eigenvalue weighted by Gasteiger charge is -2.02. The SMILES string of the molecule is Cc1nc([C@H](N)CC(=O)O)sc1Br. The van der Waals surface area contributed by atoms with Gasteiger partial charge in [0.15, 0.2) is 0 Å². The molecule has 72 valence electrons. The van der Waals surface area contributed by atoms with Crippen LogP contribution in [0.15, 0.2) is 3.79 Å². The van der Waals surface area contributed by atoms with Gasteiger partial charge in [0.2, 0.25) is 0 Å². The Hall–Kier alpha value is -0.460. The van der Waals surface area contributed by atoms with Crippen molar-refractivity contribution < 1.29 is 9.90 Å². The number of carbonyl (C=O) groups is 1. The molecule has 1 aromatic rings. The van der Waals surface area contributed by atoms with Gasteiger partial charge in [-0.3, -0.25) is 4.79 Å². The molecule has 0 unspecified atom stereocenters. The van der Waals surface area contributed by atoms with E-state index in [0.29, 0.717) is 5.01 Å². The summed E-state index contributed by atoms with van der Waals surface area (Å²) in [6.07, 6.45) is -0.0839. The number of carboxylic acids is 1. The highest BCUT2D eigenvalue weighted by atomic mass is 79.9. The minimum atomic E-state index is -0.906. The van der Waals surface area contributed by atoms with Gasteiger partial charge in [-0.1, -0.05) is 0 Å². The maximum absolute atomic E-state index is 10.4. The Morgan fingerprint density at radius 1 is 1.85 bits per heavy atom. The first-order valence-electron chi connectivity index (χ1n) is 3.61. The lowest BCUT2D eigenvalue weighted by Crippen LogP contribution is -2.14. The topological polar surface area (TPSA) is 76.2 Å². The van der Waals surface area contributed by atoms with Crippen LogP contribution < -0.4 is 5.73 Å². The number of hydrogen-bond acceptors (Lipinski definition) is 4. The molecule has 0 aliphatic heterocycles. The summed E-state index contributed by atoms with van der Waals surface area (Å²) in [5.41, 5.74) is 6.47. The van der Waals surface area contributed by atoms with E-state index in [1.54, 1.807) is 0 Å². The summed E-state index contributed by atoms with van der Waals surface area (Å²) in [6.45, 7) is 1.84. The molecule has 13 heavy (non-hydrogen) atoms. The fourth-order valence-electron chi connectivity index (χ4n) is 0.832. The zero-order chi connectivity index (χ0) is 10.0. The van der Waals surface area contributed by atoms with E-state index in [0.717, 1.165) is 9.48 Å². The first-order chi connectivity index (χ1) is 6.00. The van der Waals surface area contributed by atoms with Gasteiger partial charge in [0.1, 0.15) is 5.01 Å². The Morgan fingerprint density at radius 3 is 2.85 bits per heavy atom. The number of nitrogens with zero attached hydrogens (tertiary/aromatic N) is 1. The molecule has 0 spiro atoms. The quantitative estimate of drug-likeness (QED) is 0.871. The van der Waals surface area contributed by atoms with Crippen LogP contribution >= 0.6 is 27.3 Å². The third-order valence-electron chi connectivity index (χ3n) is 1.47. The first-order valence-corrected chi connectivity index (χ1v) is 5.22. The van der Waals surface area contributed by atoms with Crippen LogP contribution in [0.2, 0.25) is 0 Å². The minimum Gasteiger partial charge on any atom is -0.481 e. The molecule has 0 saturated heterocycles. The summed E-state index contributed by atoms with van der Waals surface area (Å²) >= 11 is 4.69. The first kappa shape index (κ1) is 10.6. The molecule has 1 aromatic heterocycles. The van der Waals surface area contributed by atoms with Crippen LogP contribution in [0.4, 0.5) is 0 Å². The van der Waals surface area contributed by atoms with Crippen LogP contribution in [0.25, 0.3) is 0 Å². The molecule has 4 nitrogen and oxygen atoms in total. The highest BCUT2D eigenvalue weighted by molar-refractivity contribution is 9.11. The summed E-state index contributed by atoms with van der Waals surface area (Å²) in [4.78, 5) is 14.5. The van der Waals surface area contributed by atoms with E-state index in [9.17, 15) is 4.79 Å². The van der Waals surface area contributed by atoms with Gasteiger partial charge in [-0.15, -0.1) is 11.3 Å². The fraction of sp³-hybridized carbons (Fsp3) is 0.429. The van der Waals surface area contributed by atoms with Gasteiger partial charge < -0.3 is 10.8 Å². The maximum atomic E-state index is 10.4. The molecule has 0 aliphatic rings. The molecule has 0 aliphatic carbocycles. The Kier molecular flexibility index (Phi) is 3.40. The van der Waals surface area contributed by atoms with Crippen molar-refractivity contribution in [1.29, 1.82) is 0 Å². The van der Waals surface area contributed by atoms with Crippen molar-refractivity contribution in [3.05, 3.63) is 14.5 Å². The van der Waals surface area contributed by atoms with Gasteiger partial charge in [-0.25, -0.2) is 4.98 Å². The van der Waals surface area contributed by atoms with Crippen molar-refractivity contribution in [2.24, 2.45) is 5.73 Å². The van der Waals surface area contributed by atoms with E-state index in [4.69, 9.17) is 10.8 Å². The number of rotatable bonds is 3. The zero-order valence-corrected chi connectivity index (χ0v) is 9.35. The summed E-state index contributed by atoms with van der Waals surface area (Å²) in [5.74, 6) is -0.906. The number of halogens is 1. The minimum absolute atomic E-state index is 0.0839. The van der Waals surface area contributed by atoms with Crippen LogP contribution in [-0.2, 0) is 4.79 Å². The Balaban J connectivity index is 2.77. The van der Waals surface area contributed by atoms with Gasteiger partial charge in [-0.2, -0.15) is 0 Å². The Morgan fingerprint density at radius 2 is 2.46 bits per heavy atom. The number of aryl methyl sites for hydroxylation is 1. The van der Waals surface area contributed by atoms with Crippen molar-refractivity contribution in [2.75, 3.05) is 0 Å². The van der Waals surface area contributed by atoms with E-state index < -0.39 is 12.0 Å². The third kappa shape index (κ3) is 2.75. The number of carboxylic acid groups (broad SMARTS) is 1. The van der Waals surface area contributed by atoms with E-state index in [1.165, 1.54) is 11.3 Å². The molecule has 3 N–H and O–H groups in total. The standard InChI is InChI=1S/C7H9BrN2O2S/c1-3-6(8)13-7(10-3)4(9)2-5(11)12/h4H,2,9H2,1H3,(H,11,12)/t4-/m1/s1. The lowest BCUT2D eigenvalue weighted by molar-refractivity contribution is -0.137. The maximum Gasteiger partial charge on any atom is 0.305 e. The molecular weight excluding hydrogens is 256 g/mol. The molecule has 0 aromatic carbocycles. The second-order valence-electron chi connectivity index (χ2n) is 2.62. The smallest absolute Gasteiger partial charge is 0.305 e. The van der Waals surface area contributed by atoms with Crippen LogP contribution in [0.3, 0.4) is 0 Å². The number of aromatic nitrogens is 1. The molecule has 0 amide bonds. The third-order valence-corrected chi connectivity index (χ3v) is 3.61. The molecule has 1 heterocycles. The molecule has 0 saturated carbocycles. The summed E-state index contributed by atoms with van der Waals surface area (Å²) < 4.78 is 0.906. The Bertz CT molecular complexity index is 307. The lowest BCUT2D eigenvalue weighted by atomic mass is 10.2. The normalized spacial score (nSPS) is 12.8. The van der Waals surface area contributed by atoms with Crippen molar-refractivity contribution in [3.63, 3.8) is 0 Å². The largest absolute Gasteiger partial charge is 0.481 e. The van der Waals surface area contributed by atoms with E-state index in [2.05, 4.69) is 20.9 Å². The summed E-state index contributed by atoms with van der Waals surface area (Å²) in [7, 11) is 0. The van der Waals surface area contributed by atoms with Gasteiger partial charge >= 0.3 is 5.97 Å². The fourth-order valence-corrected chi connectivity index (χ4v) is 2.21. The van der Waals surface area contributed by atoms with Crippen LogP contribution in [0.5, 0.6) is 0 Å².